The normalized spacial score (nSPS) is 20.1. The van der Waals surface area contributed by atoms with Crippen LogP contribution in [-0.2, 0) is 10.9 Å². The Labute approximate surface area is 114 Å². The maximum atomic E-state index is 12.9. The number of hydrazine groups is 1. The minimum Gasteiger partial charge on any atom is -0.375 e. The van der Waals surface area contributed by atoms with E-state index in [2.05, 4.69) is 10.4 Å². The van der Waals surface area contributed by atoms with E-state index in [1.165, 1.54) is 0 Å². The van der Waals surface area contributed by atoms with Gasteiger partial charge < -0.3 is 15.1 Å². The van der Waals surface area contributed by atoms with Crippen LogP contribution in [-0.4, -0.2) is 30.8 Å². The smallest absolute Gasteiger partial charge is 0.375 e. The van der Waals surface area contributed by atoms with Crippen molar-refractivity contribution in [2.75, 3.05) is 30.0 Å². The van der Waals surface area contributed by atoms with Gasteiger partial charge in [0.25, 0.3) is 0 Å². The van der Waals surface area contributed by atoms with Gasteiger partial charge in [0.1, 0.15) is 11.6 Å². The number of morpholine rings is 1. The molecule has 112 valence electrons. The second kappa shape index (κ2) is 5.84. The van der Waals surface area contributed by atoms with Crippen molar-refractivity contribution in [2.24, 2.45) is 5.84 Å². The van der Waals surface area contributed by atoms with Gasteiger partial charge in [0, 0.05) is 13.1 Å². The molecule has 0 saturated carbocycles. The Morgan fingerprint density at radius 1 is 1.50 bits per heavy atom. The van der Waals surface area contributed by atoms with Crippen LogP contribution in [0.4, 0.5) is 24.8 Å². The van der Waals surface area contributed by atoms with Gasteiger partial charge in [-0.1, -0.05) is 6.92 Å². The number of hydrogen-bond acceptors (Lipinski definition) is 5. The molecule has 1 aromatic heterocycles. The van der Waals surface area contributed by atoms with Crippen LogP contribution < -0.4 is 16.2 Å². The number of nitrogens with two attached hydrogens (primary N) is 1. The Morgan fingerprint density at radius 2 is 2.25 bits per heavy atom. The van der Waals surface area contributed by atoms with Crippen LogP contribution in [0.15, 0.2) is 12.1 Å². The molecule has 1 aromatic rings. The Kier molecular flexibility index (Phi) is 4.34. The molecule has 0 amide bonds. The summed E-state index contributed by atoms with van der Waals surface area (Å²) in [7, 11) is 0. The molecule has 2 heterocycles. The molecule has 0 bridgehead atoms. The van der Waals surface area contributed by atoms with Crippen molar-refractivity contribution in [3.8, 4) is 0 Å². The van der Waals surface area contributed by atoms with E-state index >= 15 is 0 Å². The number of hydrogen-bond donors (Lipinski definition) is 2. The summed E-state index contributed by atoms with van der Waals surface area (Å²) in [6, 6.07) is 1.93. The van der Waals surface area contributed by atoms with E-state index in [0.717, 1.165) is 18.6 Å². The van der Waals surface area contributed by atoms with Crippen molar-refractivity contribution in [3.63, 3.8) is 0 Å². The predicted molar refractivity (Wildman–Crippen MR) is 69.3 cm³/mol. The Balaban J connectivity index is 2.30. The Bertz CT molecular complexity index is 467. The predicted octanol–water partition coefficient (Wildman–Crippen LogP) is 2.00. The summed E-state index contributed by atoms with van der Waals surface area (Å²) in [5, 5.41) is 0. The number of rotatable bonds is 3. The van der Waals surface area contributed by atoms with Gasteiger partial charge in [-0.15, -0.1) is 0 Å². The van der Waals surface area contributed by atoms with Crippen molar-refractivity contribution in [3.05, 3.63) is 17.7 Å². The van der Waals surface area contributed by atoms with E-state index in [1.807, 2.05) is 6.92 Å². The van der Waals surface area contributed by atoms with Crippen LogP contribution >= 0.6 is 0 Å². The summed E-state index contributed by atoms with van der Waals surface area (Å²) >= 11 is 0. The lowest BCUT2D eigenvalue weighted by Crippen LogP contribution is -2.42. The molecule has 8 heteroatoms. The maximum Gasteiger partial charge on any atom is 0.416 e. The second-order valence-electron chi connectivity index (χ2n) is 4.59. The molecule has 1 atom stereocenters. The van der Waals surface area contributed by atoms with E-state index < -0.39 is 11.7 Å². The van der Waals surface area contributed by atoms with Crippen LogP contribution in [0.25, 0.3) is 0 Å². The molecule has 0 spiro atoms. The molecular formula is C12H17F3N4O. The molecule has 1 unspecified atom stereocenters. The van der Waals surface area contributed by atoms with Gasteiger partial charge in [0.15, 0.2) is 0 Å². The van der Waals surface area contributed by atoms with Gasteiger partial charge in [0.05, 0.1) is 18.3 Å². The number of nitrogen functional groups attached to an aromatic ring is 1. The van der Waals surface area contributed by atoms with E-state index in [0.29, 0.717) is 19.7 Å². The molecule has 3 N–H and O–H groups in total. The number of halogens is 3. The lowest BCUT2D eigenvalue weighted by Gasteiger charge is -2.33. The lowest BCUT2D eigenvalue weighted by molar-refractivity contribution is -0.137. The van der Waals surface area contributed by atoms with Crippen molar-refractivity contribution >= 4 is 11.6 Å². The zero-order chi connectivity index (χ0) is 14.8. The van der Waals surface area contributed by atoms with Gasteiger partial charge in [-0.25, -0.2) is 10.8 Å². The molecule has 0 aromatic carbocycles. The molecule has 2 rings (SSSR count). The van der Waals surface area contributed by atoms with Crippen LogP contribution in [0, 0.1) is 0 Å². The molecule has 0 radical (unpaired) electrons. The average molecular weight is 290 g/mol. The third kappa shape index (κ3) is 3.31. The molecule has 20 heavy (non-hydrogen) atoms. The van der Waals surface area contributed by atoms with Crippen LogP contribution in [0.2, 0.25) is 0 Å². The minimum absolute atomic E-state index is 0.00522. The standard InChI is InChI=1S/C12H17F3N4O/c1-2-9-7-19(3-4-20-9)11-6-8(12(13,14)15)5-10(17-11)18-16/h5-6,9H,2-4,7,16H2,1H3,(H,17,18). The molecule has 1 aliphatic heterocycles. The molecule has 1 fully saturated rings. The van der Waals surface area contributed by atoms with Gasteiger partial charge in [-0.3, -0.25) is 0 Å². The van der Waals surface area contributed by atoms with Crippen molar-refractivity contribution < 1.29 is 17.9 Å². The molecule has 1 saturated heterocycles. The van der Waals surface area contributed by atoms with E-state index in [9.17, 15) is 13.2 Å². The fourth-order valence-corrected chi connectivity index (χ4v) is 2.09. The highest BCUT2D eigenvalue weighted by atomic mass is 19.4. The van der Waals surface area contributed by atoms with E-state index in [1.54, 1.807) is 4.90 Å². The number of pyridine rings is 1. The summed E-state index contributed by atoms with van der Waals surface area (Å²) < 4.78 is 44.1. The summed E-state index contributed by atoms with van der Waals surface area (Å²) in [5.41, 5.74) is 1.41. The first-order chi connectivity index (χ1) is 9.44. The lowest BCUT2D eigenvalue weighted by atomic mass is 10.2. The highest BCUT2D eigenvalue weighted by molar-refractivity contribution is 5.51. The first-order valence-electron chi connectivity index (χ1n) is 6.36. The number of nitrogens with one attached hydrogen (secondary N) is 1. The average Bonchev–Trinajstić information content (AvgIpc) is 2.46. The second-order valence-corrected chi connectivity index (χ2v) is 4.59. The van der Waals surface area contributed by atoms with Crippen LogP contribution in [0.3, 0.4) is 0 Å². The monoisotopic (exact) mass is 290 g/mol. The number of ether oxygens (including phenoxy) is 1. The van der Waals surface area contributed by atoms with Gasteiger partial charge in [-0.05, 0) is 18.6 Å². The molecular weight excluding hydrogens is 273 g/mol. The zero-order valence-electron chi connectivity index (χ0n) is 11.1. The van der Waals surface area contributed by atoms with Crippen molar-refractivity contribution in [1.82, 2.24) is 4.98 Å². The van der Waals surface area contributed by atoms with E-state index in [-0.39, 0.29) is 17.7 Å². The SMILES string of the molecule is CCC1CN(c2cc(C(F)(F)F)cc(NN)n2)CCO1. The van der Waals surface area contributed by atoms with Crippen LogP contribution in [0.5, 0.6) is 0 Å². The summed E-state index contributed by atoms with van der Waals surface area (Å²) in [4.78, 5) is 5.88. The third-order valence-corrected chi connectivity index (χ3v) is 3.21. The molecule has 0 aliphatic carbocycles. The highest BCUT2D eigenvalue weighted by Crippen LogP contribution is 2.33. The van der Waals surface area contributed by atoms with Gasteiger partial charge in [-0.2, -0.15) is 13.2 Å². The summed E-state index contributed by atoms with van der Waals surface area (Å²) in [5.74, 6) is 5.44. The molecule has 1 aliphatic rings. The van der Waals surface area contributed by atoms with E-state index in [4.69, 9.17) is 10.6 Å². The Morgan fingerprint density at radius 3 is 2.85 bits per heavy atom. The van der Waals surface area contributed by atoms with Crippen LogP contribution in [0.1, 0.15) is 18.9 Å². The number of anilines is 2. The summed E-state index contributed by atoms with van der Waals surface area (Å²) in [6.07, 6.45) is -3.62. The van der Waals surface area contributed by atoms with Gasteiger partial charge in [0.2, 0.25) is 0 Å². The third-order valence-electron chi connectivity index (χ3n) is 3.21. The first-order valence-corrected chi connectivity index (χ1v) is 6.36. The number of nitrogens with zero attached hydrogens (tertiary/aromatic N) is 2. The van der Waals surface area contributed by atoms with Crippen molar-refractivity contribution in [2.45, 2.75) is 25.6 Å². The quantitative estimate of drug-likeness (QED) is 0.658. The Hall–Kier alpha value is -1.54. The fraction of sp³-hybridized carbons (Fsp3) is 0.583. The fourth-order valence-electron chi connectivity index (χ4n) is 2.09. The summed E-state index contributed by atoms with van der Waals surface area (Å²) in [6.45, 7) is 3.48. The highest BCUT2D eigenvalue weighted by Gasteiger charge is 2.32. The topological polar surface area (TPSA) is 63.4 Å². The largest absolute Gasteiger partial charge is 0.416 e. The van der Waals surface area contributed by atoms with Crippen molar-refractivity contribution in [1.29, 1.82) is 0 Å². The molecule has 5 nitrogen and oxygen atoms in total. The number of alkyl halides is 3. The number of aromatic nitrogens is 1. The minimum atomic E-state index is -4.43. The maximum absolute atomic E-state index is 12.9. The van der Waals surface area contributed by atoms with Gasteiger partial charge >= 0.3 is 6.18 Å². The first kappa shape index (κ1) is 14.9. The zero-order valence-corrected chi connectivity index (χ0v) is 11.1.